The number of nitrogens with one attached hydrogen (secondary N) is 1. The molecule has 0 spiro atoms. The Morgan fingerprint density at radius 2 is 2.24 bits per heavy atom. The maximum absolute atomic E-state index is 5.75. The van der Waals surface area contributed by atoms with E-state index in [4.69, 9.17) is 9.47 Å². The molecule has 0 amide bonds. The zero-order valence-corrected chi connectivity index (χ0v) is 11.3. The van der Waals surface area contributed by atoms with Crippen molar-refractivity contribution in [2.75, 3.05) is 26.4 Å². The van der Waals surface area contributed by atoms with E-state index in [-0.39, 0.29) is 0 Å². The number of hydrogen-bond acceptors (Lipinski definition) is 3. The second-order valence-corrected chi connectivity index (χ2v) is 6.10. The first-order valence-electron chi connectivity index (χ1n) is 7.11. The third-order valence-electron chi connectivity index (χ3n) is 4.21. The van der Waals surface area contributed by atoms with Gasteiger partial charge in [-0.1, -0.05) is 20.3 Å². The summed E-state index contributed by atoms with van der Waals surface area (Å²) in [6.45, 7) is 8.38. The standard InChI is InChI=1S/C14H27NO2/c1-14(2)7-3-5-13(14)15-8-4-9-17-12-6-10-16-11-12/h12-13,15H,3-11H2,1-2H3. The summed E-state index contributed by atoms with van der Waals surface area (Å²) < 4.78 is 11.0. The molecule has 2 atom stereocenters. The van der Waals surface area contributed by atoms with E-state index in [0.29, 0.717) is 17.6 Å². The molecule has 1 saturated heterocycles. The molecule has 100 valence electrons. The number of ether oxygens (including phenoxy) is 2. The van der Waals surface area contributed by atoms with Crippen LogP contribution >= 0.6 is 0 Å². The minimum absolute atomic E-state index is 0.359. The van der Waals surface area contributed by atoms with E-state index in [1.807, 2.05) is 0 Å². The molecule has 1 aliphatic heterocycles. The Bertz CT molecular complexity index is 224. The van der Waals surface area contributed by atoms with E-state index < -0.39 is 0 Å². The normalized spacial score (nSPS) is 32.1. The van der Waals surface area contributed by atoms with Gasteiger partial charge in [-0.2, -0.15) is 0 Å². The second kappa shape index (κ2) is 6.17. The molecule has 17 heavy (non-hydrogen) atoms. The summed E-state index contributed by atoms with van der Waals surface area (Å²) in [4.78, 5) is 0. The summed E-state index contributed by atoms with van der Waals surface area (Å²) in [5.41, 5.74) is 0.486. The van der Waals surface area contributed by atoms with E-state index in [0.717, 1.165) is 39.2 Å². The van der Waals surface area contributed by atoms with Crippen molar-refractivity contribution < 1.29 is 9.47 Å². The van der Waals surface area contributed by atoms with E-state index in [1.165, 1.54) is 19.3 Å². The summed E-state index contributed by atoms with van der Waals surface area (Å²) in [5.74, 6) is 0. The largest absolute Gasteiger partial charge is 0.379 e. The highest BCUT2D eigenvalue weighted by atomic mass is 16.5. The highest BCUT2D eigenvalue weighted by Crippen LogP contribution is 2.36. The molecule has 0 radical (unpaired) electrons. The molecular formula is C14H27NO2. The van der Waals surface area contributed by atoms with Crippen LogP contribution in [-0.4, -0.2) is 38.5 Å². The van der Waals surface area contributed by atoms with Gasteiger partial charge in [0.05, 0.1) is 12.7 Å². The maximum atomic E-state index is 5.75. The Hall–Kier alpha value is -0.120. The van der Waals surface area contributed by atoms with E-state index in [1.54, 1.807) is 0 Å². The Kier molecular flexibility index (Phi) is 4.83. The van der Waals surface area contributed by atoms with E-state index >= 15 is 0 Å². The lowest BCUT2D eigenvalue weighted by atomic mass is 9.87. The molecule has 1 saturated carbocycles. The molecule has 2 unspecified atom stereocenters. The third-order valence-corrected chi connectivity index (χ3v) is 4.21. The van der Waals surface area contributed by atoms with Crippen LogP contribution in [0.25, 0.3) is 0 Å². The van der Waals surface area contributed by atoms with Crippen LogP contribution in [0.3, 0.4) is 0 Å². The second-order valence-electron chi connectivity index (χ2n) is 6.10. The van der Waals surface area contributed by atoms with Gasteiger partial charge in [0.1, 0.15) is 0 Å². The van der Waals surface area contributed by atoms with Crippen molar-refractivity contribution in [3.63, 3.8) is 0 Å². The molecule has 2 fully saturated rings. The van der Waals surface area contributed by atoms with Crippen LogP contribution < -0.4 is 5.32 Å². The topological polar surface area (TPSA) is 30.5 Å². The van der Waals surface area contributed by atoms with E-state index in [9.17, 15) is 0 Å². The average molecular weight is 241 g/mol. The summed E-state index contributed by atoms with van der Waals surface area (Å²) >= 11 is 0. The fourth-order valence-electron chi connectivity index (χ4n) is 2.95. The molecule has 0 aromatic heterocycles. The molecular weight excluding hydrogens is 214 g/mol. The summed E-state index contributed by atoms with van der Waals surface area (Å²) in [7, 11) is 0. The van der Waals surface area contributed by atoms with Crippen molar-refractivity contribution in [3.8, 4) is 0 Å². The van der Waals surface area contributed by atoms with Crippen molar-refractivity contribution in [2.45, 2.75) is 58.1 Å². The van der Waals surface area contributed by atoms with Gasteiger partial charge in [0, 0.05) is 19.3 Å². The zero-order valence-electron chi connectivity index (χ0n) is 11.3. The SMILES string of the molecule is CC1(C)CCCC1NCCCOC1CCOC1. The zero-order chi connectivity index (χ0) is 12.1. The van der Waals surface area contributed by atoms with Crippen LogP contribution in [0.15, 0.2) is 0 Å². The smallest absolute Gasteiger partial charge is 0.0830 e. The molecule has 1 N–H and O–H groups in total. The fraction of sp³-hybridized carbons (Fsp3) is 1.00. The van der Waals surface area contributed by atoms with Crippen LogP contribution in [0.4, 0.5) is 0 Å². The van der Waals surface area contributed by atoms with Crippen LogP contribution in [0.5, 0.6) is 0 Å². The van der Waals surface area contributed by atoms with E-state index in [2.05, 4.69) is 19.2 Å². The van der Waals surface area contributed by atoms with Gasteiger partial charge >= 0.3 is 0 Å². The lowest BCUT2D eigenvalue weighted by Crippen LogP contribution is -2.38. The van der Waals surface area contributed by atoms with Gasteiger partial charge in [-0.3, -0.25) is 0 Å². The molecule has 2 aliphatic rings. The van der Waals surface area contributed by atoms with Crippen LogP contribution in [0.1, 0.15) is 46.0 Å². The molecule has 0 aromatic rings. The Balaban J connectivity index is 1.51. The first kappa shape index (κ1) is 13.3. The van der Waals surface area contributed by atoms with Crippen molar-refractivity contribution in [3.05, 3.63) is 0 Å². The highest BCUT2D eigenvalue weighted by molar-refractivity contribution is 4.89. The maximum Gasteiger partial charge on any atom is 0.0830 e. The van der Waals surface area contributed by atoms with Gasteiger partial charge in [0.2, 0.25) is 0 Å². The predicted molar refractivity (Wildman–Crippen MR) is 69.2 cm³/mol. The predicted octanol–water partition coefficient (Wildman–Crippen LogP) is 2.35. The van der Waals surface area contributed by atoms with Crippen molar-refractivity contribution in [1.82, 2.24) is 5.32 Å². The van der Waals surface area contributed by atoms with Crippen molar-refractivity contribution in [1.29, 1.82) is 0 Å². The lowest BCUT2D eigenvalue weighted by Gasteiger charge is -2.28. The Morgan fingerprint density at radius 1 is 1.35 bits per heavy atom. The molecule has 2 rings (SSSR count). The van der Waals surface area contributed by atoms with Gasteiger partial charge in [-0.15, -0.1) is 0 Å². The minimum atomic E-state index is 0.359. The quantitative estimate of drug-likeness (QED) is 0.724. The molecule has 3 heteroatoms. The minimum Gasteiger partial charge on any atom is -0.379 e. The molecule has 1 aliphatic carbocycles. The van der Waals surface area contributed by atoms with Crippen LogP contribution in [-0.2, 0) is 9.47 Å². The summed E-state index contributed by atoms with van der Waals surface area (Å²) in [5, 5.41) is 3.69. The molecule has 1 heterocycles. The van der Waals surface area contributed by atoms with Crippen molar-refractivity contribution >= 4 is 0 Å². The summed E-state index contributed by atoms with van der Waals surface area (Å²) in [6.07, 6.45) is 6.62. The number of rotatable bonds is 6. The van der Waals surface area contributed by atoms with Crippen LogP contribution in [0.2, 0.25) is 0 Å². The lowest BCUT2D eigenvalue weighted by molar-refractivity contribution is 0.0410. The number of hydrogen-bond donors (Lipinski definition) is 1. The Morgan fingerprint density at radius 3 is 2.88 bits per heavy atom. The fourth-order valence-corrected chi connectivity index (χ4v) is 2.95. The molecule has 0 bridgehead atoms. The molecule has 3 nitrogen and oxygen atoms in total. The van der Waals surface area contributed by atoms with Gasteiger partial charge in [-0.25, -0.2) is 0 Å². The van der Waals surface area contributed by atoms with Gasteiger partial charge in [-0.05, 0) is 37.6 Å². The van der Waals surface area contributed by atoms with Gasteiger partial charge in [0.25, 0.3) is 0 Å². The summed E-state index contributed by atoms with van der Waals surface area (Å²) in [6, 6.07) is 0.706. The third kappa shape index (κ3) is 3.94. The molecule has 0 aromatic carbocycles. The van der Waals surface area contributed by atoms with Gasteiger partial charge < -0.3 is 14.8 Å². The first-order valence-corrected chi connectivity index (χ1v) is 7.11. The van der Waals surface area contributed by atoms with Gasteiger partial charge in [0.15, 0.2) is 0 Å². The monoisotopic (exact) mass is 241 g/mol. The highest BCUT2D eigenvalue weighted by Gasteiger charge is 2.33. The van der Waals surface area contributed by atoms with Crippen molar-refractivity contribution in [2.24, 2.45) is 5.41 Å². The first-order chi connectivity index (χ1) is 8.18. The Labute approximate surface area is 105 Å². The average Bonchev–Trinajstić information content (AvgIpc) is 2.88. The van der Waals surface area contributed by atoms with Crippen LogP contribution in [0, 0.1) is 5.41 Å².